The molecule has 1 amide bonds. The zero-order valence-corrected chi connectivity index (χ0v) is 18.1. The molecule has 12 nitrogen and oxygen atoms in total. The maximum absolute atomic E-state index is 12.6. The normalized spacial score (nSPS) is 20.5. The first-order chi connectivity index (χ1) is 13.4. The van der Waals surface area contributed by atoms with Crippen LogP contribution in [0.15, 0.2) is 14.5 Å². The number of nitrogens with zero attached hydrogens (tertiary/aromatic N) is 2. The molecule has 2 N–H and O–H groups in total. The maximum atomic E-state index is 12.6. The SMILES string of the molecule is CCN(C(=O)OCCCO[N+](=O)[O-])C1CC(C)S(=O)(=O)c2sc(S(N)(=O)=O)cc21. The molecule has 0 radical (unpaired) electrons. The topological polar surface area (TPSA) is 176 Å². The van der Waals surface area contributed by atoms with Crippen LogP contribution in [0, 0.1) is 10.1 Å². The molecule has 1 aliphatic heterocycles. The molecule has 2 rings (SSSR count). The number of carbonyl (C=O) groups is 1. The zero-order valence-electron chi connectivity index (χ0n) is 15.6. The minimum atomic E-state index is -4.12. The summed E-state index contributed by atoms with van der Waals surface area (Å²) in [6.45, 7) is 2.94. The first-order valence-corrected chi connectivity index (χ1v) is 12.4. The number of carbonyl (C=O) groups excluding carboxylic acids is 1. The third-order valence-electron chi connectivity index (χ3n) is 4.35. The molecule has 0 fully saturated rings. The predicted molar refractivity (Wildman–Crippen MR) is 101 cm³/mol. The van der Waals surface area contributed by atoms with E-state index in [1.54, 1.807) is 6.92 Å². The number of ether oxygens (including phenoxy) is 1. The van der Waals surface area contributed by atoms with Crippen LogP contribution in [-0.4, -0.2) is 57.9 Å². The van der Waals surface area contributed by atoms with Gasteiger partial charge in [0, 0.05) is 18.5 Å². The Morgan fingerprint density at radius 1 is 1.45 bits per heavy atom. The Morgan fingerprint density at radius 3 is 2.66 bits per heavy atom. The van der Waals surface area contributed by atoms with Crippen molar-refractivity contribution in [3.63, 3.8) is 0 Å². The van der Waals surface area contributed by atoms with E-state index >= 15 is 0 Å². The number of sulfone groups is 1. The van der Waals surface area contributed by atoms with E-state index in [1.807, 2.05) is 0 Å². The first kappa shape index (κ1) is 23.3. The Labute approximate surface area is 171 Å². The molecule has 164 valence electrons. The Hall–Kier alpha value is -1.97. The largest absolute Gasteiger partial charge is 0.449 e. The highest BCUT2D eigenvalue weighted by Gasteiger charge is 2.42. The van der Waals surface area contributed by atoms with E-state index in [0.29, 0.717) is 11.3 Å². The Kier molecular flexibility index (Phi) is 7.08. The molecule has 0 saturated heterocycles. The van der Waals surface area contributed by atoms with E-state index in [-0.39, 0.29) is 46.6 Å². The van der Waals surface area contributed by atoms with Crippen LogP contribution in [0.25, 0.3) is 0 Å². The third kappa shape index (κ3) is 5.15. The molecule has 0 saturated carbocycles. The molecule has 2 heterocycles. The van der Waals surface area contributed by atoms with E-state index in [4.69, 9.17) is 9.88 Å². The zero-order chi connectivity index (χ0) is 22.0. The van der Waals surface area contributed by atoms with Gasteiger partial charge in [0.1, 0.15) is 8.42 Å². The average molecular weight is 472 g/mol. The molecule has 1 aromatic heterocycles. The fourth-order valence-electron chi connectivity index (χ4n) is 2.92. The fraction of sp³-hybridized carbons (Fsp3) is 0.643. The smallest absolute Gasteiger partial charge is 0.410 e. The highest BCUT2D eigenvalue weighted by Crippen LogP contribution is 2.45. The molecule has 0 spiro atoms. The van der Waals surface area contributed by atoms with Gasteiger partial charge in [0.15, 0.2) is 9.84 Å². The van der Waals surface area contributed by atoms with Gasteiger partial charge in [-0.25, -0.2) is 26.8 Å². The predicted octanol–water partition coefficient (Wildman–Crippen LogP) is 1.06. The molecule has 1 aliphatic rings. The summed E-state index contributed by atoms with van der Waals surface area (Å²) in [4.78, 5) is 28.0. The van der Waals surface area contributed by atoms with E-state index in [1.165, 1.54) is 17.9 Å². The number of nitrogens with two attached hydrogens (primary N) is 1. The number of sulfonamides is 1. The average Bonchev–Trinajstić information content (AvgIpc) is 3.06. The van der Waals surface area contributed by atoms with Crippen LogP contribution in [0.1, 0.15) is 38.3 Å². The molecule has 0 bridgehead atoms. The van der Waals surface area contributed by atoms with Gasteiger partial charge >= 0.3 is 6.09 Å². The monoisotopic (exact) mass is 471 g/mol. The molecule has 0 aromatic carbocycles. The second kappa shape index (κ2) is 8.81. The van der Waals surface area contributed by atoms with Gasteiger partial charge in [-0.15, -0.1) is 21.5 Å². The van der Waals surface area contributed by atoms with Gasteiger partial charge in [0.2, 0.25) is 10.0 Å². The Morgan fingerprint density at radius 2 is 2.10 bits per heavy atom. The second-order valence-corrected chi connectivity index (χ2v) is 11.7. The van der Waals surface area contributed by atoms with Crippen molar-refractivity contribution in [3.05, 3.63) is 21.7 Å². The third-order valence-corrected chi connectivity index (χ3v) is 9.66. The lowest BCUT2D eigenvalue weighted by Crippen LogP contribution is -2.40. The molecule has 15 heteroatoms. The Bertz CT molecular complexity index is 987. The summed E-state index contributed by atoms with van der Waals surface area (Å²) in [5, 5.41) is 13.4. The highest BCUT2D eigenvalue weighted by atomic mass is 32.3. The van der Waals surface area contributed by atoms with Crippen molar-refractivity contribution < 1.29 is 36.3 Å². The molecular formula is C14H21N3O9S3. The first-order valence-electron chi connectivity index (χ1n) is 8.50. The fourth-order valence-corrected chi connectivity index (χ4v) is 7.32. The van der Waals surface area contributed by atoms with Crippen LogP contribution >= 0.6 is 11.3 Å². The van der Waals surface area contributed by atoms with Crippen molar-refractivity contribution in [2.75, 3.05) is 19.8 Å². The van der Waals surface area contributed by atoms with Crippen molar-refractivity contribution in [2.24, 2.45) is 5.14 Å². The summed E-state index contributed by atoms with van der Waals surface area (Å²) in [6, 6.07) is 0.465. The van der Waals surface area contributed by atoms with Crippen LogP contribution in [0.3, 0.4) is 0 Å². The van der Waals surface area contributed by atoms with Gasteiger partial charge in [-0.3, -0.25) is 0 Å². The summed E-state index contributed by atoms with van der Waals surface area (Å²) in [6.07, 6.45) is -0.595. The van der Waals surface area contributed by atoms with Crippen molar-refractivity contribution in [1.82, 2.24) is 4.90 Å². The van der Waals surface area contributed by atoms with E-state index < -0.39 is 42.3 Å². The molecule has 2 unspecified atom stereocenters. The number of hydrogen-bond acceptors (Lipinski definition) is 10. The standard InChI is InChI=1S/C14H21N3O9S3/c1-3-16(14(18)25-5-4-6-26-17(19)20)11-7-9(2)28(21,22)13-10(11)8-12(27-13)29(15,23)24/h8-9,11H,3-7H2,1-2H3,(H2,15,23,24). The van der Waals surface area contributed by atoms with Crippen LogP contribution in [0.4, 0.5) is 4.79 Å². The molecular weight excluding hydrogens is 450 g/mol. The van der Waals surface area contributed by atoms with Gasteiger partial charge in [-0.05, 0) is 26.3 Å². The van der Waals surface area contributed by atoms with Gasteiger partial charge < -0.3 is 14.5 Å². The van der Waals surface area contributed by atoms with Gasteiger partial charge in [0.05, 0.1) is 24.5 Å². The minimum absolute atomic E-state index is 0.0590. The van der Waals surface area contributed by atoms with Gasteiger partial charge in [-0.2, -0.15) is 0 Å². The van der Waals surface area contributed by atoms with Crippen LogP contribution in [-0.2, 0) is 29.4 Å². The van der Waals surface area contributed by atoms with Crippen molar-refractivity contribution in [3.8, 4) is 0 Å². The molecule has 2 atom stereocenters. The van der Waals surface area contributed by atoms with Gasteiger partial charge in [0.25, 0.3) is 5.09 Å². The van der Waals surface area contributed by atoms with E-state index in [9.17, 15) is 31.7 Å². The van der Waals surface area contributed by atoms with Crippen LogP contribution in [0.2, 0.25) is 0 Å². The summed E-state index contributed by atoms with van der Waals surface area (Å²) in [5.41, 5.74) is 0.188. The number of amides is 1. The lowest BCUT2D eigenvalue weighted by Gasteiger charge is -2.35. The second-order valence-electron chi connectivity index (χ2n) is 6.27. The maximum Gasteiger partial charge on any atom is 0.410 e. The summed E-state index contributed by atoms with van der Waals surface area (Å²) in [5.74, 6) is 0. The van der Waals surface area contributed by atoms with Crippen molar-refractivity contribution in [1.29, 1.82) is 0 Å². The lowest BCUT2D eigenvalue weighted by molar-refractivity contribution is -0.757. The molecule has 29 heavy (non-hydrogen) atoms. The van der Waals surface area contributed by atoms with Crippen LogP contribution in [0.5, 0.6) is 0 Å². The number of primary sulfonamides is 1. The number of thiophene rings is 1. The van der Waals surface area contributed by atoms with Crippen molar-refractivity contribution >= 4 is 37.3 Å². The number of hydrogen-bond donors (Lipinski definition) is 1. The van der Waals surface area contributed by atoms with Gasteiger partial charge in [-0.1, -0.05) is 0 Å². The van der Waals surface area contributed by atoms with Crippen LogP contribution < -0.4 is 5.14 Å². The summed E-state index contributed by atoms with van der Waals surface area (Å²) >= 11 is 0.563. The van der Waals surface area contributed by atoms with Crippen molar-refractivity contribution in [2.45, 2.75) is 46.4 Å². The highest BCUT2D eigenvalue weighted by molar-refractivity contribution is 7.95. The summed E-state index contributed by atoms with van der Waals surface area (Å²) in [7, 11) is -7.87. The molecule has 1 aromatic rings. The number of fused-ring (bicyclic) bond motifs is 1. The summed E-state index contributed by atoms with van der Waals surface area (Å²) < 4.78 is 53.4. The van der Waals surface area contributed by atoms with E-state index in [2.05, 4.69) is 4.84 Å². The van der Waals surface area contributed by atoms with E-state index in [0.717, 1.165) is 0 Å². The number of rotatable bonds is 8. The lowest BCUT2D eigenvalue weighted by atomic mass is 10.0. The Balaban J connectivity index is 2.27. The minimum Gasteiger partial charge on any atom is -0.449 e. The quantitative estimate of drug-likeness (QED) is 0.330. The molecule has 0 aliphatic carbocycles.